The van der Waals surface area contributed by atoms with Crippen molar-refractivity contribution in [1.29, 1.82) is 0 Å². The van der Waals surface area contributed by atoms with E-state index in [1.54, 1.807) is 0 Å². The first-order valence-electron chi connectivity index (χ1n) is 9.84. The molecule has 0 unspecified atom stereocenters. The van der Waals surface area contributed by atoms with Gasteiger partial charge in [0.25, 0.3) is 0 Å². The van der Waals surface area contributed by atoms with Crippen LogP contribution < -0.4 is 15.5 Å². The highest BCUT2D eigenvalue weighted by Gasteiger charge is 2.27. The van der Waals surface area contributed by atoms with Crippen LogP contribution in [0, 0.1) is 6.92 Å². The standard InChI is InChI=1S/C21H25N5O2S/c1-14-6-7-18-17(10-14)20(23-16-11-22-12-16)25-21(24-18)26-8-9-29(27,28)19-5-3-2-4-15(19)13-26/h2-7,10,16,22,27-28H,8-9,11-13H2,1H3,(H,23,24,25). The highest BCUT2D eigenvalue weighted by Crippen LogP contribution is 2.51. The van der Waals surface area contributed by atoms with Crippen molar-refractivity contribution in [3.8, 4) is 0 Å². The molecule has 0 aliphatic carbocycles. The molecule has 0 radical (unpaired) electrons. The van der Waals surface area contributed by atoms with Gasteiger partial charge < -0.3 is 15.5 Å². The van der Waals surface area contributed by atoms with E-state index >= 15 is 0 Å². The van der Waals surface area contributed by atoms with E-state index in [1.807, 2.05) is 35.2 Å². The molecule has 0 amide bonds. The molecule has 2 aliphatic rings. The number of aryl methyl sites for hydroxylation is 1. The normalized spacial score (nSPS) is 19.9. The molecule has 1 fully saturated rings. The van der Waals surface area contributed by atoms with Crippen LogP contribution in [0.15, 0.2) is 47.4 Å². The Balaban J connectivity index is 1.57. The average molecular weight is 412 g/mol. The van der Waals surface area contributed by atoms with Crippen molar-refractivity contribution in [3.05, 3.63) is 53.6 Å². The Kier molecular flexibility index (Phi) is 4.59. The molecule has 1 saturated heterocycles. The smallest absolute Gasteiger partial charge is 0.228 e. The molecular formula is C21H25N5O2S. The van der Waals surface area contributed by atoms with Gasteiger partial charge >= 0.3 is 0 Å². The molecule has 0 atom stereocenters. The number of nitrogens with one attached hydrogen (secondary N) is 2. The lowest BCUT2D eigenvalue weighted by molar-refractivity contribution is 0.471. The van der Waals surface area contributed by atoms with Crippen LogP contribution in [-0.2, 0) is 6.54 Å². The van der Waals surface area contributed by atoms with E-state index in [9.17, 15) is 9.11 Å². The molecule has 2 aromatic carbocycles. The second-order valence-electron chi connectivity index (χ2n) is 7.79. The van der Waals surface area contributed by atoms with Crippen LogP contribution in [0.25, 0.3) is 10.9 Å². The van der Waals surface area contributed by atoms with E-state index in [0.29, 0.717) is 30.0 Å². The zero-order chi connectivity index (χ0) is 20.0. The summed E-state index contributed by atoms with van der Waals surface area (Å²) in [7, 11) is -2.81. The maximum absolute atomic E-state index is 10.6. The second kappa shape index (κ2) is 7.14. The van der Waals surface area contributed by atoms with Crippen molar-refractivity contribution < 1.29 is 9.11 Å². The third-order valence-electron chi connectivity index (χ3n) is 5.58. The van der Waals surface area contributed by atoms with Crippen LogP contribution in [0.1, 0.15) is 11.1 Å². The summed E-state index contributed by atoms with van der Waals surface area (Å²) in [4.78, 5) is 12.4. The van der Waals surface area contributed by atoms with Gasteiger partial charge in [-0.1, -0.05) is 29.8 Å². The van der Waals surface area contributed by atoms with Crippen LogP contribution in [0.4, 0.5) is 11.8 Å². The zero-order valence-electron chi connectivity index (χ0n) is 16.3. The maximum Gasteiger partial charge on any atom is 0.228 e. The summed E-state index contributed by atoms with van der Waals surface area (Å²) in [5.74, 6) is 1.72. The first-order valence-corrected chi connectivity index (χ1v) is 11.6. The number of nitrogens with zero attached hydrogens (tertiary/aromatic N) is 3. The van der Waals surface area contributed by atoms with Crippen molar-refractivity contribution >= 4 is 33.3 Å². The predicted molar refractivity (Wildman–Crippen MR) is 118 cm³/mol. The summed E-state index contributed by atoms with van der Waals surface area (Å²) < 4.78 is 21.3. The van der Waals surface area contributed by atoms with Gasteiger partial charge in [0.2, 0.25) is 5.95 Å². The lowest BCUT2D eigenvalue weighted by Gasteiger charge is -2.32. The lowest BCUT2D eigenvalue weighted by Crippen LogP contribution is -2.51. The predicted octanol–water partition coefficient (Wildman–Crippen LogP) is 3.45. The molecule has 5 rings (SSSR count). The fourth-order valence-corrected chi connectivity index (χ4v) is 5.37. The van der Waals surface area contributed by atoms with Crippen LogP contribution in [0.5, 0.6) is 0 Å². The molecule has 4 N–H and O–H groups in total. The van der Waals surface area contributed by atoms with Gasteiger partial charge in [0.05, 0.1) is 22.2 Å². The highest BCUT2D eigenvalue weighted by molar-refractivity contribution is 8.24. The fraction of sp³-hybridized carbons (Fsp3) is 0.333. The van der Waals surface area contributed by atoms with Crippen LogP contribution in [0.3, 0.4) is 0 Å². The van der Waals surface area contributed by atoms with E-state index in [2.05, 4.69) is 29.7 Å². The molecule has 0 spiro atoms. The number of anilines is 2. The molecule has 3 aromatic rings. The quantitative estimate of drug-likeness (QED) is 0.524. The molecule has 29 heavy (non-hydrogen) atoms. The Hall–Kier alpha value is -2.39. The van der Waals surface area contributed by atoms with Crippen molar-refractivity contribution in [2.45, 2.75) is 24.4 Å². The van der Waals surface area contributed by atoms with E-state index in [4.69, 9.17) is 9.97 Å². The largest absolute Gasteiger partial charge is 0.364 e. The van der Waals surface area contributed by atoms with Gasteiger partial charge in [-0.05, 0) is 30.7 Å². The van der Waals surface area contributed by atoms with Crippen molar-refractivity contribution in [3.63, 3.8) is 0 Å². The molecule has 152 valence electrons. The summed E-state index contributed by atoms with van der Waals surface area (Å²) in [5.41, 5.74) is 2.97. The summed E-state index contributed by atoms with van der Waals surface area (Å²) in [6, 6.07) is 14.1. The zero-order valence-corrected chi connectivity index (χ0v) is 17.1. The molecule has 8 heteroatoms. The molecule has 0 bridgehead atoms. The summed E-state index contributed by atoms with van der Waals surface area (Å²) >= 11 is 0. The van der Waals surface area contributed by atoms with Crippen LogP contribution >= 0.6 is 10.6 Å². The number of rotatable bonds is 3. The topological polar surface area (TPSA) is 93.5 Å². The first kappa shape index (κ1) is 18.6. The number of benzene rings is 2. The number of hydrogen-bond acceptors (Lipinski definition) is 7. The maximum atomic E-state index is 10.6. The van der Waals surface area contributed by atoms with Gasteiger partial charge in [-0.15, -0.1) is 0 Å². The van der Waals surface area contributed by atoms with Gasteiger partial charge in [-0.3, -0.25) is 9.11 Å². The third-order valence-corrected chi connectivity index (χ3v) is 7.43. The highest BCUT2D eigenvalue weighted by atomic mass is 32.3. The Morgan fingerprint density at radius 3 is 2.76 bits per heavy atom. The molecule has 1 aromatic heterocycles. The molecular weight excluding hydrogens is 386 g/mol. The molecule has 0 saturated carbocycles. The second-order valence-corrected chi connectivity index (χ2v) is 9.97. The van der Waals surface area contributed by atoms with E-state index < -0.39 is 10.6 Å². The van der Waals surface area contributed by atoms with E-state index in [0.717, 1.165) is 35.4 Å². The van der Waals surface area contributed by atoms with Gasteiger partial charge in [-0.25, -0.2) is 4.98 Å². The van der Waals surface area contributed by atoms with Gasteiger partial charge in [0.15, 0.2) is 0 Å². The van der Waals surface area contributed by atoms with Crippen molar-refractivity contribution in [1.82, 2.24) is 15.3 Å². The monoisotopic (exact) mass is 411 g/mol. The Labute approximate surface area is 171 Å². The average Bonchev–Trinajstić information content (AvgIpc) is 2.81. The van der Waals surface area contributed by atoms with Gasteiger partial charge in [0.1, 0.15) is 5.82 Å². The SMILES string of the molecule is Cc1ccc2nc(N3CCS(O)(O)c4ccccc4C3)nc(NC3CNC3)c2c1. The van der Waals surface area contributed by atoms with Crippen molar-refractivity contribution in [2.24, 2.45) is 0 Å². The first-order chi connectivity index (χ1) is 14.0. The Morgan fingerprint density at radius 1 is 1.14 bits per heavy atom. The van der Waals surface area contributed by atoms with Gasteiger partial charge in [-0.2, -0.15) is 15.6 Å². The van der Waals surface area contributed by atoms with E-state index in [-0.39, 0.29) is 5.75 Å². The van der Waals surface area contributed by atoms with Crippen molar-refractivity contribution in [2.75, 3.05) is 35.6 Å². The number of hydrogen-bond donors (Lipinski definition) is 4. The minimum Gasteiger partial charge on any atom is -0.364 e. The lowest BCUT2D eigenvalue weighted by atomic mass is 10.1. The number of aromatic nitrogens is 2. The minimum atomic E-state index is -2.81. The Morgan fingerprint density at radius 2 is 1.97 bits per heavy atom. The molecule has 2 aliphatic heterocycles. The minimum absolute atomic E-state index is 0.272. The van der Waals surface area contributed by atoms with Crippen LogP contribution in [0.2, 0.25) is 0 Å². The fourth-order valence-electron chi connectivity index (χ4n) is 3.82. The third kappa shape index (κ3) is 3.53. The summed E-state index contributed by atoms with van der Waals surface area (Å²) in [6.07, 6.45) is 0. The summed E-state index contributed by atoms with van der Waals surface area (Å²) in [5, 5.41) is 7.84. The Bertz CT molecular complexity index is 1070. The summed E-state index contributed by atoms with van der Waals surface area (Å²) in [6.45, 7) is 4.94. The van der Waals surface area contributed by atoms with Crippen LogP contribution in [-0.4, -0.2) is 50.5 Å². The van der Waals surface area contributed by atoms with Gasteiger partial charge in [0, 0.05) is 31.6 Å². The molecule has 3 heterocycles. The number of fused-ring (bicyclic) bond motifs is 2. The van der Waals surface area contributed by atoms with E-state index in [1.165, 1.54) is 5.56 Å². The molecule has 7 nitrogen and oxygen atoms in total.